The van der Waals surface area contributed by atoms with Crippen LogP contribution in [-0.2, 0) is 14.3 Å². The van der Waals surface area contributed by atoms with Gasteiger partial charge in [0.25, 0.3) is 0 Å². The molecule has 2 fully saturated rings. The molecular weight excluding hydrogens is 244 g/mol. The summed E-state index contributed by atoms with van der Waals surface area (Å²) in [6.45, 7) is 4.15. The van der Waals surface area contributed by atoms with E-state index in [1.54, 1.807) is 0 Å². The molecule has 0 spiro atoms. The Morgan fingerprint density at radius 3 is 2.79 bits per heavy atom. The molecule has 0 aromatic rings. The number of likely N-dealkylation sites (tertiary alicyclic amines) is 1. The normalized spacial score (nSPS) is 23.2. The fraction of sp³-hybridized carbons (Fsp3) is 0.857. The van der Waals surface area contributed by atoms with Gasteiger partial charge in [-0.1, -0.05) is 6.92 Å². The average Bonchev–Trinajstić information content (AvgIpc) is 3.23. The number of carbonyl (C=O) groups is 2. The topological polar surface area (TPSA) is 58.6 Å². The molecule has 1 aliphatic heterocycles. The van der Waals surface area contributed by atoms with Crippen molar-refractivity contribution in [2.45, 2.75) is 45.1 Å². The summed E-state index contributed by atoms with van der Waals surface area (Å²) in [4.78, 5) is 25.2. The van der Waals surface area contributed by atoms with Crippen LogP contribution in [0.5, 0.6) is 0 Å². The van der Waals surface area contributed by atoms with Gasteiger partial charge in [-0.15, -0.1) is 0 Å². The second kappa shape index (κ2) is 6.89. The van der Waals surface area contributed by atoms with Gasteiger partial charge in [-0.2, -0.15) is 0 Å². The minimum Gasteiger partial charge on any atom is -0.371 e. The van der Waals surface area contributed by atoms with Gasteiger partial charge in [0.1, 0.15) is 6.61 Å². The summed E-state index contributed by atoms with van der Waals surface area (Å²) in [6.07, 6.45) is 4.88. The van der Waals surface area contributed by atoms with E-state index in [-0.39, 0.29) is 24.5 Å². The summed E-state index contributed by atoms with van der Waals surface area (Å²) in [5.41, 5.74) is 0. The van der Waals surface area contributed by atoms with Crippen LogP contribution in [0.25, 0.3) is 0 Å². The van der Waals surface area contributed by atoms with Crippen LogP contribution in [0.1, 0.15) is 39.0 Å². The van der Waals surface area contributed by atoms with Crippen LogP contribution in [0, 0.1) is 5.92 Å². The zero-order chi connectivity index (χ0) is 13.7. The van der Waals surface area contributed by atoms with Gasteiger partial charge in [0.2, 0.25) is 11.8 Å². The number of rotatable bonds is 6. The molecule has 19 heavy (non-hydrogen) atoms. The van der Waals surface area contributed by atoms with Gasteiger partial charge in [0.15, 0.2) is 0 Å². The molecule has 1 saturated heterocycles. The minimum absolute atomic E-state index is 0.0519. The Labute approximate surface area is 114 Å². The molecule has 1 atom stereocenters. The van der Waals surface area contributed by atoms with Gasteiger partial charge in [-0.3, -0.25) is 9.59 Å². The molecule has 1 saturated carbocycles. The second-order valence-corrected chi connectivity index (χ2v) is 5.56. The monoisotopic (exact) mass is 268 g/mol. The Hall–Kier alpha value is -1.10. The summed E-state index contributed by atoms with van der Waals surface area (Å²) in [7, 11) is 0. The van der Waals surface area contributed by atoms with Gasteiger partial charge in [-0.05, 0) is 31.6 Å². The van der Waals surface area contributed by atoms with E-state index in [1.165, 1.54) is 12.8 Å². The average molecular weight is 268 g/mol. The molecule has 2 rings (SSSR count). The van der Waals surface area contributed by atoms with E-state index >= 15 is 0 Å². The molecule has 108 valence electrons. The summed E-state index contributed by atoms with van der Waals surface area (Å²) in [5.74, 6) is 0.797. The van der Waals surface area contributed by atoms with Crippen LogP contribution in [0.3, 0.4) is 0 Å². The van der Waals surface area contributed by atoms with E-state index < -0.39 is 0 Å². The lowest BCUT2D eigenvalue weighted by Crippen LogP contribution is -2.50. The van der Waals surface area contributed by atoms with E-state index in [1.807, 2.05) is 11.8 Å². The van der Waals surface area contributed by atoms with Crippen LogP contribution in [0.15, 0.2) is 0 Å². The molecule has 1 heterocycles. The number of piperidine rings is 1. The largest absolute Gasteiger partial charge is 0.371 e. The van der Waals surface area contributed by atoms with Crippen molar-refractivity contribution in [1.29, 1.82) is 0 Å². The summed E-state index contributed by atoms with van der Waals surface area (Å²) < 4.78 is 5.43. The van der Waals surface area contributed by atoms with E-state index in [4.69, 9.17) is 4.74 Å². The van der Waals surface area contributed by atoms with Crippen molar-refractivity contribution < 1.29 is 14.3 Å². The van der Waals surface area contributed by atoms with Crippen molar-refractivity contribution >= 4 is 11.8 Å². The van der Waals surface area contributed by atoms with E-state index in [0.717, 1.165) is 26.0 Å². The molecule has 1 aliphatic carbocycles. The summed E-state index contributed by atoms with van der Waals surface area (Å²) in [5, 5.41) is 2.96. The Balaban J connectivity index is 1.69. The number of nitrogens with one attached hydrogen (secondary N) is 1. The number of hydrogen-bond donors (Lipinski definition) is 1. The van der Waals surface area contributed by atoms with Crippen molar-refractivity contribution in [1.82, 2.24) is 10.2 Å². The third-order valence-electron chi connectivity index (χ3n) is 3.74. The Morgan fingerprint density at radius 2 is 2.11 bits per heavy atom. The third-order valence-corrected chi connectivity index (χ3v) is 3.74. The van der Waals surface area contributed by atoms with Gasteiger partial charge in [0.05, 0.1) is 6.61 Å². The van der Waals surface area contributed by atoms with Crippen LogP contribution in [-0.4, -0.2) is 49.1 Å². The number of hydrogen-bond acceptors (Lipinski definition) is 3. The molecule has 1 unspecified atom stereocenters. The molecule has 5 heteroatoms. The molecular formula is C14H24N2O3. The lowest BCUT2D eigenvalue weighted by Gasteiger charge is -2.33. The van der Waals surface area contributed by atoms with Gasteiger partial charge in [0, 0.05) is 25.6 Å². The fourth-order valence-corrected chi connectivity index (χ4v) is 2.34. The molecule has 0 aromatic heterocycles. The molecule has 0 bridgehead atoms. The van der Waals surface area contributed by atoms with Crippen molar-refractivity contribution in [3.8, 4) is 0 Å². The number of nitrogens with zero attached hydrogens (tertiary/aromatic N) is 1. The summed E-state index contributed by atoms with van der Waals surface area (Å²) in [6, 6.07) is 0.105. The third kappa shape index (κ3) is 4.82. The first-order valence-electron chi connectivity index (χ1n) is 7.34. The van der Waals surface area contributed by atoms with Gasteiger partial charge >= 0.3 is 0 Å². The highest BCUT2D eigenvalue weighted by molar-refractivity contribution is 5.78. The smallest absolute Gasteiger partial charge is 0.248 e. The van der Waals surface area contributed by atoms with E-state index in [9.17, 15) is 9.59 Å². The Morgan fingerprint density at radius 1 is 1.32 bits per heavy atom. The maximum Gasteiger partial charge on any atom is 0.248 e. The second-order valence-electron chi connectivity index (χ2n) is 5.56. The predicted octanol–water partition coefficient (Wildman–Crippen LogP) is 0.930. The van der Waals surface area contributed by atoms with Gasteiger partial charge in [-0.25, -0.2) is 0 Å². The molecule has 0 aromatic carbocycles. The lowest BCUT2D eigenvalue weighted by molar-refractivity contribution is -0.138. The molecule has 2 aliphatic rings. The highest BCUT2D eigenvalue weighted by Gasteiger charge is 2.25. The predicted molar refractivity (Wildman–Crippen MR) is 71.6 cm³/mol. The minimum atomic E-state index is 0.0519. The zero-order valence-corrected chi connectivity index (χ0v) is 11.7. The van der Waals surface area contributed by atoms with Crippen LogP contribution >= 0.6 is 0 Å². The fourth-order valence-electron chi connectivity index (χ4n) is 2.34. The quantitative estimate of drug-likeness (QED) is 0.779. The molecule has 2 amide bonds. The van der Waals surface area contributed by atoms with Crippen LogP contribution in [0.4, 0.5) is 0 Å². The zero-order valence-electron chi connectivity index (χ0n) is 11.7. The summed E-state index contributed by atoms with van der Waals surface area (Å²) >= 11 is 0. The van der Waals surface area contributed by atoms with Gasteiger partial charge < -0.3 is 15.0 Å². The number of ether oxygens (including phenoxy) is 1. The first kappa shape index (κ1) is 14.3. The molecule has 5 nitrogen and oxygen atoms in total. The van der Waals surface area contributed by atoms with Crippen molar-refractivity contribution in [2.24, 2.45) is 5.92 Å². The van der Waals surface area contributed by atoms with Crippen molar-refractivity contribution in [3.63, 3.8) is 0 Å². The van der Waals surface area contributed by atoms with Crippen LogP contribution in [0.2, 0.25) is 0 Å². The SMILES string of the molecule is CCC(=O)NC1CCCN(C(=O)COCC2CC2)C1. The van der Waals surface area contributed by atoms with E-state index in [2.05, 4.69) is 5.32 Å². The maximum atomic E-state index is 12.0. The Kier molecular flexibility index (Phi) is 5.19. The standard InChI is InChI=1S/C14H24N2O3/c1-2-13(17)15-12-4-3-7-16(8-12)14(18)10-19-9-11-5-6-11/h11-12H,2-10H2,1H3,(H,15,17). The first-order chi connectivity index (χ1) is 9.19. The van der Waals surface area contributed by atoms with Crippen molar-refractivity contribution in [2.75, 3.05) is 26.3 Å². The number of carbonyl (C=O) groups excluding carboxylic acids is 2. The van der Waals surface area contributed by atoms with Crippen LogP contribution < -0.4 is 5.32 Å². The Bertz CT molecular complexity index is 329. The first-order valence-corrected chi connectivity index (χ1v) is 7.34. The lowest BCUT2D eigenvalue weighted by atomic mass is 10.1. The van der Waals surface area contributed by atoms with Crippen molar-refractivity contribution in [3.05, 3.63) is 0 Å². The molecule has 0 radical (unpaired) electrons. The molecule has 1 N–H and O–H groups in total. The number of amides is 2. The maximum absolute atomic E-state index is 12.0. The highest BCUT2D eigenvalue weighted by atomic mass is 16.5. The van der Waals surface area contributed by atoms with E-state index in [0.29, 0.717) is 18.9 Å². The highest BCUT2D eigenvalue weighted by Crippen LogP contribution is 2.28.